The van der Waals surface area contributed by atoms with Crippen LogP contribution in [0.25, 0.3) is 33.8 Å². The van der Waals surface area contributed by atoms with Crippen molar-refractivity contribution in [2.75, 3.05) is 7.11 Å². The van der Waals surface area contributed by atoms with Crippen LogP contribution in [0.15, 0.2) is 104 Å². The second-order valence-electron chi connectivity index (χ2n) is 12.0. The minimum absolute atomic E-state index is 0.0954. The van der Waals surface area contributed by atoms with Crippen LogP contribution in [0.3, 0.4) is 0 Å². The molecule has 8 rings (SSSR count). The number of fused-ring (bicyclic) bond motifs is 2. The van der Waals surface area contributed by atoms with Crippen molar-refractivity contribution in [1.82, 2.24) is 48.3 Å². The molecule has 0 aliphatic carbocycles. The van der Waals surface area contributed by atoms with Crippen LogP contribution in [-0.4, -0.2) is 60.5 Å². The molecule has 0 aliphatic heterocycles. The lowest BCUT2D eigenvalue weighted by molar-refractivity contribution is -0.140. The fourth-order valence-corrected chi connectivity index (χ4v) is 5.34. The number of aryl methyl sites for hydroxylation is 4. The number of hydrogen-bond donors (Lipinski definition) is 1. The minimum atomic E-state index is -4.52. The van der Waals surface area contributed by atoms with Crippen LogP contribution >= 0.6 is 0 Å². The molecular formula is C38H37F3N10O3. The standard InChI is InChI=1S/C19H19N5O.C18H14F3N5O.CH4O/c1-13-14(2)22-24-10-9-18(21-19(13)24)25-12-17-20-16(11-23(17)3)15-7-5-4-6-8-15;1-25-9-13(12-5-3-2-4-6-12)22-16(25)11-27-17-8-7-15-23-14(18(19,20)21)10-26(15)24-17;1-2/h4-11H,12H2,1-3H3;2-10H,11H2,1H3;2H,1H3. The molecule has 54 heavy (non-hydrogen) atoms. The highest BCUT2D eigenvalue weighted by Gasteiger charge is 2.34. The fourth-order valence-electron chi connectivity index (χ4n) is 5.34. The Morgan fingerprint density at radius 2 is 1.19 bits per heavy atom. The van der Waals surface area contributed by atoms with Gasteiger partial charge in [-0.25, -0.2) is 24.0 Å². The van der Waals surface area contributed by atoms with E-state index >= 15 is 0 Å². The summed E-state index contributed by atoms with van der Waals surface area (Å²) in [6.45, 7) is 4.48. The molecule has 0 radical (unpaired) electrons. The molecule has 0 fully saturated rings. The van der Waals surface area contributed by atoms with Crippen molar-refractivity contribution < 1.29 is 27.8 Å². The maximum atomic E-state index is 12.7. The van der Waals surface area contributed by atoms with Gasteiger partial charge in [0.25, 0.3) is 0 Å². The van der Waals surface area contributed by atoms with Gasteiger partial charge in [0.05, 0.1) is 23.3 Å². The fraction of sp³-hybridized carbons (Fsp3) is 0.211. The van der Waals surface area contributed by atoms with Gasteiger partial charge in [-0.2, -0.15) is 23.3 Å². The normalized spacial score (nSPS) is 11.2. The lowest BCUT2D eigenvalue weighted by atomic mass is 10.2. The summed E-state index contributed by atoms with van der Waals surface area (Å²) in [5.41, 5.74) is 5.78. The number of imidazole rings is 3. The van der Waals surface area contributed by atoms with Gasteiger partial charge in [0.15, 0.2) is 17.0 Å². The molecule has 0 saturated carbocycles. The highest BCUT2D eigenvalue weighted by molar-refractivity contribution is 5.59. The van der Waals surface area contributed by atoms with Crippen molar-refractivity contribution in [3.63, 3.8) is 0 Å². The number of halogens is 3. The summed E-state index contributed by atoms with van der Waals surface area (Å²) in [6, 6.07) is 24.5. The summed E-state index contributed by atoms with van der Waals surface area (Å²) in [7, 11) is 4.82. The highest BCUT2D eigenvalue weighted by atomic mass is 19.4. The molecule has 0 atom stereocenters. The first-order chi connectivity index (χ1) is 26.0. The van der Waals surface area contributed by atoms with Gasteiger partial charge in [-0.3, -0.25) is 0 Å². The number of alkyl halides is 3. The number of hydrogen-bond acceptors (Lipinski definition) is 9. The zero-order chi connectivity index (χ0) is 38.4. The highest BCUT2D eigenvalue weighted by Crippen LogP contribution is 2.28. The second-order valence-corrected chi connectivity index (χ2v) is 12.0. The summed E-state index contributed by atoms with van der Waals surface area (Å²) in [5.74, 6) is 2.26. The molecule has 0 saturated heterocycles. The molecule has 0 unspecified atom stereocenters. The van der Waals surface area contributed by atoms with E-state index in [2.05, 4.69) is 30.1 Å². The zero-order valence-electron chi connectivity index (χ0n) is 30.1. The van der Waals surface area contributed by atoms with E-state index in [0.29, 0.717) is 18.3 Å². The molecule has 13 nitrogen and oxygen atoms in total. The van der Waals surface area contributed by atoms with Gasteiger partial charge in [0.2, 0.25) is 11.8 Å². The van der Waals surface area contributed by atoms with E-state index in [1.165, 1.54) is 12.1 Å². The number of ether oxygens (including phenoxy) is 2. The quantitative estimate of drug-likeness (QED) is 0.182. The van der Waals surface area contributed by atoms with Crippen LogP contribution in [0.4, 0.5) is 13.2 Å². The maximum Gasteiger partial charge on any atom is 0.434 e. The van der Waals surface area contributed by atoms with E-state index in [1.807, 2.05) is 122 Å². The molecular weight excluding hydrogens is 701 g/mol. The molecule has 2 aromatic carbocycles. The lowest BCUT2D eigenvalue weighted by Gasteiger charge is -2.05. The first-order valence-electron chi connectivity index (χ1n) is 16.6. The third-order valence-corrected chi connectivity index (χ3v) is 8.30. The zero-order valence-corrected chi connectivity index (χ0v) is 30.1. The lowest BCUT2D eigenvalue weighted by Crippen LogP contribution is -2.05. The Balaban J connectivity index is 0.000000177. The van der Waals surface area contributed by atoms with Crippen molar-refractivity contribution in [3.05, 3.63) is 132 Å². The number of benzene rings is 2. The van der Waals surface area contributed by atoms with Crippen LogP contribution in [0.5, 0.6) is 11.8 Å². The average Bonchev–Trinajstić information content (AvgIpc) is 3.96. The van der Waals surface area contributed by atoms with Gasteiger partial charge in [-0.15, -0.1) is 5.10 Å². The van der Waals surface area contributed by atoms with Gasteiger partial charge >= 0.3 is 6.18 Å². The van der Waals surface area contributed by atoms with Crippen molar-refractivity contribution >= 4 is 11.3 Å². The van der Waals surface area contributed by atoms with Crippen LogP contribution in [0, 0.1) is 13.8 Å². The van der Waals surface area contributed by atoms with Gasteiger partial charge in [0.1, 0.15) is 24.9 Å². The van der Waals surface area contributed by atoms with Crippen LogP contribution in [0.1, 0.15) is 28.6 Å². The molecule has 6 aromatic heterocycles. The van der Waals surface area contributed by atoms with E-state index in [0.717, 1.165) is 63.1 Å². The number of aromatic nitrogens is 10. The molecule has 8 aromatic rings. The number of nitrogens with zero attached hydrogens (tertiary/aromatic N) is 10. The van der Waals surface area contributed by atoms with Crippen molar-refractivity contribution in [2.24, 2.45) is 14.1 Å². The monoisotopic (exact) mass is 738 g/mol. The molecule has 1 N–H and O–H groups in total. The van der Waals surface area contributed by atoms with E-state index in [4.69, 9.17) is 14.6 Å². The summed E-state index contributed by atoms with van der Waals surface area (Å²) in [6.07, 6.45) is 2.07. The summed E-state index contributed by atoms with van der Waals surface area (Å²) in [5, 5.41) is 15.4. The maximum absolute atomic E-state index is 12.7. The predicted molar refractivity (Wildman–Crippen MR) is 195 cm³/mol. The molecule has 0 amide bonds. The van der Waals surface area contributed by atoms with Gasteiger partial charge in [-0.05, 0) is 19.9 Å². The Hall–Kier alpha value is -6.55. The van der Waals surface area contributed by atoms with Gasteiger partial charge in [-0.1, -0.05) is 60.7 Å². The Morgan fingerprint density at radius 3 is 1.74 bits per heavy atom. The second kappa shape index (κ2) is 16.0. The van der Waals surface area contributed by atoms with Crippen molar-refractivity contribution in [3.8, 4) is 34.3 Å². The van der Waals surface area contributed by atoms with Gasteiger partial charge < -0.3 is 23.7 Å². The average molecular weight is 739 g/mol. The first-order valence-corrected chi connectivity index (χ1v) is 16.6. The third kappa shape index (κ3) is 8.39. The number of aliphatic hydroxyl groups excluding tert-OH is 1. The van der Waals surface area contributed by atoms with Crippen LogP contribution in [-0.2, 0) is 33.5 Å². The molecule has 16 heteroatoms. The Kier molecular flexibility index (Phi) is 11.0. The SMILES string of the molecule is CO.Cc1nn2ccc(OCc3nc(-c4ccccc4)cn3C)nc2c1C.Cn1cc(-c2ccccc2)nc1COc1ccc2nc(C(F)(F)F)cn2n1. The summed E-state index contributed by atoms with van der Waals surface area (Å²) < 4.78 is 56.3. The minimum Gasteiger partial charge on any atom is -0.469 e. The summed E-state index contributed by atoms with van der Waals surface area (Å²) in [4.78, 5) is 17.3. The van der Waals surface area contributed by atoms with E-state index in [-0.39, 0.29) is 18.1 Å². The number of rotatable bonds is 8. The van der Waals surface area contributed by atoms with E-state index < -0.39 is 11.9 Å². The molecule has 0 aliphatic rings. The first kappa shape index (κ1) is 37.2. The van der Waals surface area contributed by atoms with Crippen LogP contribution in [0.2, 0.25) is 0 Å². The molecule has 0 bridgehead atoms. The molecule has 0 spiro atoms. The van der Waals surface area contributed by atoms with Crippen molar-refractivity contribution in [1.29, 1.82) is 0 Å². The largest absolute Gasteiger partial charge is 0.469 e. The van der Waals surface area contributed by atoms with E-state index in [1.54, 1.807) is 4.52 Å². The molecule has 6 heterocycles. The Bertz CT molecular complexity index is 2470. The Morgan fingerprint density at radius 1 is 0.630 bits per heavy atom. The third-order valence-electron chi connectivity index (χ3n) is 8.30. The van der Waals surface area contributed by atoms with E-state index in [9.17, 15) is 13.2 Å². The van der Waals surface area contributed by atoms with Crippen molar-refractivity contribution in [2.45, 2.75) is 33.2 Å². The number of aliphatic hydroxyl groups is 1. The smallest absolute Gasteiger partial charge is 0.434 e. The summed E-state index contributed by atoms with van der Waals surface area (Å²) >= 11 is 0. The molecule has 278 valence electrons. The topological polar surface area (TPSA) is 135 Å². The van der Waals surface area contributed by atoms with Crippen LogP contribution < -0.4 is 9.47 Å². The Labute approximate surface area is 307 Å². The van der Waals surface area contributed by atoms with Gasteiger partial charge in [0, 0.05) is 68.6 Å². The predicted octanol–water partition coefficient (Wildman–Crippen LogP) is 6.66.